The third kappa shape index (κ3) is 4.86. The summed E-state index contributed by atoms with van der Waals surface area (Å²) in [5, 5.41) is 14.9. The summed E-state index contributed by atoms with van der Waals surface area (Å²) in [4.78, 5) is 22.7. The highest BCUT2D eigenvalue weighted by atomic mass is 16.6. The average Bonchev–Trinajstić information content (AvgIpc) is 3.13. The summed E-state index contributed by atoms with van der Waals surface area (Å²) in [7, 11) is 3.05. The molecule has 3 rings (SSSR count). The molecule has 1 aromatic heterocycles. The van der Waals surface area contributed by atoms with Crippen molar-refractivity contribution in [1.82, 2.24) is 9.78 Å². The van der Waals surface area contributed by atoms with E-state index >= 15 is 0 Å². The molecule has 0 fully saturated rings. The maximum Gasteiger partial charge on any atom is 0.318 e. The average molecular weight is 393 g/mol. The van der Waals surface area contributed by atoms with Gasteiger partial charge >= 0.3 is 5.69 Å². The van der Waals surface area contributed by atoms with Crippen molar-refractivity contribution in [3.63, 3.8) is 0 Å². The first-order chi connectivity index (χ1) is 14.0. The Balaban J connectivity index is 1.74. The number of hydrogen-bond acceptors (Lipinski definition) is 6. The lowest BCUT2D eigenvalue weighted by Crippen LogP contribution is -2.01. The van der Waals surface area contributed by atoms with E-state index in [0.29, 0.717) is 23.7 Å². The Morgan fingerprint density at radius 2 is 1.97 bits per heavy atom. The monoisotopic (exact) mass is 393 g/mol. The van der Waals surface area contributed by atoms with Gasteiger partial charge in [-0.25, -0.2) is 0 Å². The van der Waals surface area contributed by atoms with Gasteiger partial charge in [0.05, 0.1) is 12.0 Å². The predicted molar refractivity (Wildman–Crippen MR) is 107 cm³/mol. The number of rotatable bonds is 8. The Bertz CT molecular complexity index is 1060. The molecule has 3 aromatic rings. The Morgan fingerprint density at radius 1 is 1.21 bits per heavy atom. The number of methoxy groups -OCH3 is 1. The van der Waals surface area contributed by atoms with Crippen molar-refractivity contribution in [2.75, 3.05) is 7.11 Å². The van der Waals surface area contributed by atoms with Crippen molar-refractivity contribution in [3.8, 4) is 11.5 Å². The normalized spacial score (nSPS) is 10.8. The molecule has 0 unspecified atom stereocenters. The van der Waals surface area contributed by atoms with Gasteiger partial charge in [0.15, 0.2) is 11.5 Å². The van der Waals surface area contributed by atoms with E-state index in [4.69, 9.17) is 9.47 Å². The van der Waals surface area contributed by atoms with E-state index in [0.717, 1.165) is 5.56 Å². The summed E-state index contributed by atoms with van der Waals surface area (Å²) in [6.07, 6.45) is 3.99. The quantitative estimate of drug-likeness (QED) is 0.250. The zero-order valence-electron chi connectivity index (χ0n) is 15.9. The van der Waals surface area contributed by atoms with E-state index in [-0.39, 0.29) is 11.4 Å². The van der Waals surface area contributed by atoms with E-state index in [1.54, 1.807) is 24.3 Å². The van der Waals surface area contributed by atoms with Crippen molar-refractivity contribution < 1.29 is 19.2 Å². The van der Waals surface area contributed by atoms with Gasteiger partial charge in [0.1, 0.15) is 12.8 Å². The highest BCUT2D eigenvalue weighted by molar-refractivity contribution is 6.08. The molecule has 0 radical (unpaired) electrons. The lowest BCUT2D eigenvalue weighted by atomic mass is 10.1. The molecule has 0 aliphatic rings. The zero-order chi connectivity index (χ0) is 20.8. The predicted octanol–water partition coefficient (Wildman–Crippen LogP) is 3.81. The fourth-order valence-corrected chi connectivity index (χ4v) is 2.68. The first-order valence-corrected chi connectivity index (χ1v) is 8.73. The van der Waals surface area contributed by atoms with Crippen LogP contribution in [0.4, 0.5) is 5.69 Å². The number of ether oxygens (including phenoxy) is 2. The van der Waals surface area contributed by atoms with Gasteiger partial charge in [-0.1, -0.05) is 42.5 Å². The summed E-state index contributed by atoms with van der Waals surface area (Å²) in [6.45, 7) is 0.397. The number of carbonyl (C=O) groups is 1. The third-order valence-electron chi connectivity index (χ3n) is 4.09. The summed E-state index contributed by atoms with van der Waals surface area (Å²) < 4.78 is 12.4. The minimum absolute atomic E-state index is 0.205. The van der Waals surface area contributed by atoms with Crippen LogP contribution < -0.4 is 9.47 Å². The minimum Gasteiger partial charge on any atom is -0.493 e. The fraction of sp³-hybridized carbons (Fsp3) is 0.143. The second-order valence-corrected chi connectivity index (χ2v) is 6.18. The van der Waals surface area contributed by atoms with Crippen molar-refractivity contribution in [2.24, 2.45) is 7.05 Å². The van der Waals surface area contributed by atoms with Gasteiger partial charge in [0.25, 0.3) is 0 Å². The number of ketones is 1. The molecule has 8 nitrogen and oxygen atoms in total. The van der Waals surface area contributed by atoms with Crippen molar-refractivity contribution in [1.29, 1.82) is 0 Å². The van der Waals surface area contributed by atoms with E-state index in [1.165, 1.54) is 31.1 Å². The Kier molecular flexibility index (Phi) is 6.03. The first-order valence-electron chi connectivity index (χ1n) is 8.73. The maximum atomic E-state index is 12.3. The minimum atomic E-state index is -0.629. The molecule has 2 aromatic carbocycles. The van der Waals surface area contributed by atoms with Gasteiger partial charge in [-0.15, -0.1) is 0 Å². The van der Waals surface area contributed by atoms with E-state index in [2.05, 4.69) is 5.10 Å². The number of carbonyl (C=O) groups excluding carboxylic acids is 1. The second-order valence-electron chi connectivity index (χ2n) is 6.18. The number of hydrogen-bond donors (Lipinski definition) is 0. The van der Waals surface area contributed by atoms with Crippen LogP contribution in [0.1, 0.15) is 21.6 Å². The molecule has 0 saturated heterocycles. The van der Waals surface area contributed by atoms with Crippen molar-refractivity contribution in [2.45, 2.75) is 6.61 Å². The van der Waals surface area contributed by atoms with Crippen molar-refractivity contribution >= 4 is 17.5 Å². The van der Waals surface area contributed by atoms with Crippen LogP contribution in [0, 0.1) is 10.1 Å². The molecule has 0 N–H and O–H groups in total. The van der Waals surface area contributed by atoms with Crippen LogP contribution in [0.3, 0.4) is 0 Å². The summed E-state index contributed by atoms with van der Waals surface area (Å²) in [6, 6.07) is 15.0. The number of nitro groups is 1. The molecule has 1 heterocycles. The van der Waals surface area contributed by atoms with Gasteiger partial charge in [0.2, 0.25) is 11.5 Å². The van der Waals surface area contributed by atoms with Crippen LogP contribution in [0.25, 0.3) is 6.08 Å². The molecule has 0 atom stereocenters. The van der Waals surface area contributed by atoms with Crippen molar-refractivity contribution in [3.05, 3.63) is 87.7 Å². The molecule has 0 aliphatic carbocycles. The van der Waals surface area contributed by atoms with Gasteiger partial charge in [0, 0.05) is 7.05 Å². The lowest BCUT2D eigenvalue weighted by Gasteiger charge is -2.11. The van der Waals surface area contributed by atoms with Crippen LogP contribution in [-0.4, -0.2) is 27.6 Å². The van der Waals surface area contributed by atoms with Crippen LogP contribution in [0.5, 0.6) is 11.5 Å². The van der Waals surface area contributed by atoms with E-state index in [9.17, 15) is 14.9 Å². The molecule has 0 saturated carbocycles. The highest BCUT2D eigenvalue weighted by Gasteiger charge is 2.23. The summed E-state index contributed by atoms with van der Waals surface area (Å²) >= 11 is 0. The SMILES string of the molecule is COc1cc(/C=C/C(=O)c2nn(C)cc2[N+](=O)[O-])ccc1OCc1ccccc1. The Hall–Kier alpha value is -3.94. The molecular formula is C21H19N3O5. The standard InChI is InChI=1S/C21H19N3O5/c1-23-13-17(24(26)27)21(22-23)18(25)10-8-15-9-11-19(20(12-15)28-2)29-14-16-6-4-3-5-7-16/h3-13H,14H2,1-2H3/b10-8+. The molecule has 0 spiro atoms. The topological polar surface area (TPSA) is 96.5 Å². The van der Waals surface area contributed by atoms with E-state index in [1.807, 2.05) is 30.3 Å². The smallest absolute Gasteiger partial charge is 0.318 e. The number of benzene rings is 2. The fourth-order valence-electron chi connectivity index (χ4n) is 2.68. The molecule has 0 bridgehead atoms. The Labute approximate surface area is 167 Å². The summed E-state index contributed by atoms with van der Waals surface area (Å²) in [5.74, 6) is 0.528. The highest BCUT2D eigenvalue weighted by Crippen LogP contribution is 2.29. The summed E-state index contributed by atoms with van der Waals surface area (Å²) in [5.41, 5.74) is 1.18. The molecular weight excluding hydrogens is 374 g/mol. The lowest BCUT2D eigenvalue weighted by molar-refractivity contribution is -0.385. The van der Waals surface area contributed by atoms with E-state index < -0.39 is 10.7 Å². The van der Waals surface area contributed by atoms with Gasteiger partial charge < -0.3 is 9.47 Å². The van der Waals surface area contributed by atoms with Crippen LogP contribution in [0.2, 0.25) is 0 Å². The van der Waals surface area contributed by atoms with Gasteiger partial charge in [-0.3, -0.25) is 19.6 Å². The zero-order valence-corrected chi connectivity index (χ0v) is 15.9. The maximum absolute atomic E-state index is 12.3. The van der Waals surface area contributed by atoms with Crippen LogP contribution in [0.15, 0.2) is 60.8 Å². The molecule has 0 amide bonds. The number of allylic oxidation sites excluding steroid dienone is 1. The third-order valence-corrected chi connectivity index (χ3v) is 4.09. The van der Waals surface area contributed by atoms with Gasteiger partial charge in [-0.2, -0.15) is 5.10 Å². The first kappa shape index (κ1) is 19.8. The largest absolute Gasteiger partial charge is 0.493 e. The number of nitrogens with zero attached hydrogens (tertiary/aromatic N) is 3. The molecule has 29 heavy (non-hydrogen) atoms. The van der Waals surface area contributed by atoms with Gasteiger partial charge in [-0.05, 0) is 29.3 Å². The molecule has 8 heteroatoms. The Morgan fingerprint density at radius 3 is 2.66 bits per heavy atom. The van der Waals surface area contributed by atoms with Crippen LogP contribution in [-0.2, 0) is 13.7 Å². The molecule has 148 valence electrons. The number of aryl methyl sites for hydroxylation is 1. The van der Waals surface area contributed by atoms with Crippen LogP contribution >= 0.6 is 0 Å². The number of aromatic nitrogens is 2. The second kappa shape index (κ2) is 8.83. The molecule has 0 aliphatic heterocycles.